The molecule has 0 atom stereocenters. The summed E-state index contributed by atoms with van der Waals surface area (Å²) >= 11 is 0. The molecule has 0 spiro atoms. The van der Waals surface area contributed by atoms with Gasteiger partial charge in [0.25, 0.3) is 0 Å². The molecule has 1 aliphatic heterocycles. The average molecular weight is 292 g/mol. The van der Waals surface area contributed by atoms with Crippen LogP contribution in [0, 0.1) is 6.92 Å². The molecule has 0 radical (unpaired) electrons. The molecule has 1 N–H and O–H groups in total. The van der Waals surface area contributed by atoms with Crippen molar-refractivity contribution in [2.75, 3.05) is 13.1 Å². The monoisotopic (exact) mass is 292 g/mol. The van der Waals surface area contributed by atoms with E-state index in [4.69, 9.17) is 4.98 Å². The zero-order chi connectivity index (χ0) is 15.0. The van der Waals surface area contributed by atoms with E-state index in [9.17, 15) is 0 Å². The van der Waals surface area contributed by atoms with Crippen LogP contribution in [0.15, 0.2) is 48.7 Å². The summed E-state index contributed by atoms with van der Waals surface area (Å²) in [5.41, 5.74) is 4.42. The highest BCUT2D eigenvalue weighted by Crippen LogP contribution is 2.39. The smallest absolute Gasteiger partial charge is 0.153 e. The van der Waals surface area contributed by atoms with Gasteiger partial charge < -0.3 is 5.32 Å². The van der Waals surface area contributed by atoms with Crippen LogP contribution in [-0.2, 0) is 5.41 Å². The fraction of sp³-hybridized carbons (Fsp3) is 0.333. The molecule has 0 bridgehead atoms. The van der Waals surface area contributed by atoms with Crippen molar-refractivity contribution in [3.8, 4) is 0 Å². The van der Waals surface area contributed by atoms with Crippen LogP contribution in [0.5, 0.6) is 0 Å². The lowest BCUT2D eigenvalue weighted by Gasteiger charge is -2.36. The van der Waals surface area contributed by atoms with E-state index in [2.05, 4.69) is 46.9 Å². The molecule has 0 amide bonds. The average Bonchev–Trinajstić information content (AvgIpc) is 3.00. The van der Waals surface area contributed by atoms with Gasteiger partial charge in [-0.1, -0.05) is 30.3 Å². The van der Waals surface area contributed by atoms with Crippen molar-refractivity contribution in [1.82, 2.24) is 19.9 Å². The van der Waals surface area contributed by atoms with Crippen molar-refractivity contribution < 1.29 is 0 Å². The molecule has 112 valence electrons. The Bertz CT molecular complexity index is 785. The number of nitrogens with zero attached hydrogens (tertiary/aromatic N) is 3. The number of piperidine rings is 1. The molecule has 3 aromatic rings. The summed E-state index contributed by atoms with van der Waals surface area (Å²) in [5, 5.41) is 8.03. The number of nitrogens with one attached hydrogen (secondary N) is 1. The predicted molar refractivity (Wildman–Crippen MR) is 87.0 cm³/mol. The van der Waals surface area contributed by atoms with E-state index in [1.54, 1.807) is 0 Å². The first-order valence-electron chi connectivity index (χ1n) is 7.88. The highest BCUT2D eigenvalue weighted by atomic mass is 15.2. The lowest BCUT2D eigenvalue weighted by atomic mass is 9.71. The van der Waals surface area contributed by atoms with Crippen LogP contribution in [0.2, 0.25) is 0 Å². The Hall–Kier alpha value is -2.20. The van der Waals surface area contributed by atoms with Crippen molar-refractivity contribution in [3.05, 3.63) is 65.6 Å². The summed E-state index contributed by atoms with van der Waals surface area (Å²) < 4.78 is 1.91. The number of aryl methyl sites for hydroxylation is 1. The number of hydrogen-bond acceptors (Lipinski definition) is 3. The van der Waals surface area contributed by atoms with E-state index >= 15 is 0 Å². The van der Waals surface area contributed by atoms with Gasteiger partial charge in [0.05, 0.1) is 17.6 Å². The van der Waals surface area contributed by atoms with Crippen molar-refractivity contribution in [2.45, 2.75) is 25.2 Å². The molecular formula is C18H20N4. The quantitative estimate of drug-likeness (QED) is 0.789. The lowest BCUT2D eigenvalue weighted by Crippen LogP contribution is -2.41. The minimum Gasteiger partial charge on any atom is -0.317 e. The van der Waals surface area contributed by atoms with Crippen LogP contribution in [0.1, 0.15) is 29.8 Å². The van der Waals surface area contributed by atoms with Crippen molar-refractivity contribution in [1.29, 1.82) is 0 Å². The van der Waals surface area contributed by atoms with Gasteiger partial charge in [-0.2, -0.15) is 5.10 Å². The summed E-state index contributed by atoms with van der Waals surface area (Å²) in [6.07, 6.45) is 4.25. The van der Waals surface area contributed by atoms with E-state index in [0.29, 0.717) is 0 Å². The molecule has 2 aromatic heterocycles. The predicted octanol–water partition coefficient (Wildman–Crippen LogP) is 2.71. The molecule has 1 aromatic carbocycles. The molecule has 0 saturated carbocycles. The van der Waals surface area contributed by atoms with Crippen molar-refractivity contribution >= 4 is 5.65 Å². The summed E-state index contributed by atoms with van der Waals surface area (Å²) in [5.74, 6) is 0. The molecule has 4 rings (SSSR count). The van der Waals surface area contributed by atoms with Gasteiger partial charge in [0, 0.05) is 5.41 Å². The van der Waals surface area contributed by atoms with Crippen LogP contribution in [-0.4, -0.2) is 27.7 Å². The Kier molecular flexibility index (Phi) is 3.19. The highest BCUT2D eigenvalue weighted by molar-refractivity contribution is 5.44. The first-order chi connectivity index (χ1) is 10.8. The van der Waals surface area contributed by atoms with E-state index in [0.717, 1.165) is 43.0 Å². The minimum absolute atomic E-state index is 0.00584. The van der Waals surface area contributed by atoms with Crippen LogP contribution in [0.3, 0.4) is 0 Å². The topological polar surface area (TPSA) is 42.2 Å². The van der Waals surface area contributed by atoms with E-state index < -0.39 is 0 Å². The van der Waals surface area contributed by atoms with Crippen LogP contribution in [0.25, 0.3) is 5.65 Å². The molecule has 1 aliphatic rings. The first kappa shape index (κ1) is 13.5. The van der Waals surface area contributed by atoms with Crippen molar-refractivity contribution in [2.24, 2.45) is 0 Å². The number of fused-ring (bicyclic) bond motifs is 1. The number of hydrogen-bond donors (Lipinski definition) is 1. The number of benzene rings is 1. The molecule has 4 heteroatoms. The standard InChI is InChI=1S/C18H20N4/c1-14-7-8-17-20-16(13-22(17)21-14)18(9-11-19-12-10-18)15-5-3-2-4-6-15/h2-8,13,19H,9-12H2,1H3. The maximum absolute atomic E-state index is 4.90. The maximum Gasteiger partial charge on any atom is 0.153 e. The lowest BCUT2D eigenvalue weighted by molar-refractivity contribution is 0.355. The van der Waals surface area contributed by atoms with Gasteiger partial charge in [-0.15, -0.1) is 0 Å². The molecule has 1 saturated heterocycles. The van der Waals surface area contributed by atoms with Crippen LogP contribution in [0.4, 0.5) is 0 Å². The maximum atomic E-state index is 4.90. The van der Waals surface area contributed by atoms with Gasteiger partial charge in [-0.3, -0.25) is 0 Å². The fourth-order valence-corrected chi connectivity index (χ4v) is 3.51. The van der Waals surface area contributed by atoms with Crippen molar-refractivity contribution in [3.63, 3.8) is 0 Å². The van der Waals surface area contributed by atoms with Crippen LogP contribution < -0.4 is 5.32 Å². The van der Waals surface area contributed by atoms with E-state index in [1.165, 1.54) is 5.56 Å². The largest absolute Gasteiger partial charge is 0.317 e. The molecule has 4 nitrogen and oxygen atoms in total. The Labute approximate surface area is 130 Å². The normalized spacial score (nSPS) is 17.7. The second-order valence-corrected chi connectivity index (χ2v) is 6.10. The fourth-order valence-electron chi connectivity index (χ4n) is 3.51. The number of aromatic nitrogens is 3. The Morgan fingerprint density at radius 2 is 1.82 bits per heavy atom. The molecule has 0 unspecified atom stereocenters. The van der Waals surface area contributed by atoms with E-state index in [1.807, 2.05) is 23.6 Å². The summed E-state index contributed by atoms with van der Waals surface area (Å²) in [4.78, 5) is 4.90. The summed E-state index contributed by atoms with van der Waals surface area (Å²) in [6.45, 7) is 4.06. The Morgan fingerprint density at radius 3 is 2.59 bits per heavy atom. The number of rotatable bonds is 2. The van der Waals surface area contributed by atoms with Gasteiger partial charge in [0.15, 0.2) is 5.65 Å². The molecule has 3 heterocycles. The van der Waals surface area contributed by atoms with E-state index in [-0.39, 0.29) is 5.41 Å². The van der Waals surface area contributed by atoms with Gasteiger partial charge in [-0.05, 0) is 50.6 Å². The minimum atomic E-state index is -0.00584. The number of imidazole rings is 1. The second kappa shape index (κ2) is 5.21. The molecule has 22 heavy (non-hydrogen) atoms. The zero-order valence-electron chi connectivity index (χ0n) is 12.8. The third kappa shape index (κ3) is 2.11. The molecule has 1 fully saturated rings. The van der Waals surface area contributed by atoms with Crippen LogP contribution >= 0.6 is 0 Å². The van der Waals surface area contributed by atoms with Gasteiger partial charge in [0.2, 0.25) is 0 Å². The van der Waals surface area contributed by atoms with Gasteiger partial charge >= 0.3 is 0 Å². The van der Waals surface area contributed by atoms with Gasteiger partial charge in [-0.25, -0.2) is 9.50 Å². The molecule has 0 aliphatic carbocycles. The SMILES string of the molecule is Cc1ccc2nc(C3(c4ccccc4)CCNCC3)cn2n1. The third-order valence-electron chi connectivity index (χ3n) is 4.73. The molecular weight excluding hydrogens is 272 g/mol. The third-order valence-corrected chi connectivity index (χ3v) is 4.73. The highest BCUT2D eigenvalue weighted by Gasteiger charge is 2.37. The summed E-state index contributed by atoms with van der Waals surface area (Å²) in [7, 11) is 0. The second-order valence-electron chi connectivity index (χ2n) is 6.10. The Morgan fingerprint density at radius 1 is 1.05 bits per heavy atom. The summed E-state index contributed by atoms with van der Waals surface area (Å²) in [6, 6.07) is 14.8. The first-order valence-corrected chi connectivity index (χ1v) is 7.88. The Balaban J connectivity index is 1.89. The zero-order valence-corrected chi connectivity index (χ0v) is 12.8. The van der Waals surface area contributed by atoms with Gasteiger partial charge in [0.1, 0.15) is 0 Å².